The molecular weight excluding hydrogens is 274 g/mol. The summed E-state index contributed by atoms with van der Waals surface area (Å²) in [7, 11) is 3.37. The Kier molecular flexibility index (Phi) is 7.10. The van der Waals surface area contributed by atoms with E-state index in [-0.39, 0.29) is 6.29 Å². The van der Waals surface area contributed by atoms with Crippen molar-refractivity contribution in [3.05, 3.63) is 71.8 Å². The lowest BCUT2D eigenvalue weighted by Gasteiger charge is -2.24. The summed E-state index contributed by atoms with van der Waals surface area (Å²) in [4.78, 5) is 2.43. The van der Waals surface area contributed by atoms with Crippen LogP contribution in [0, 0.1) is 0 Å². The molecule has 0 aliphatic rings. The second kappa shape index (κ2) is 9.36. The van der Waals surface area contributed by atoms with Crippen molar-refractivity contribution in [2.75, 3.05) is 20.8 Å². The molecule has 0 aliphatic carbocycles. The standard InChI is InChI=1S/C19H25NO2/c1-21-19(22-2)13-14-20(15-17-9-5-3-6-10-17)16-18-11-7-4-8-12-18/h3-12,19H,13-16H2,1-2H3. The quantitative estimate of drug-likeness (QED) is 0.659. The Bertz CT molecular complexity index is 470. The first-order chi connectivity index (χ1) is 10.8. The van der Waals surface area contributed by atoms with E-state index in [2.05, 4.69) is 65.6 Å². The largest absolute Gasteiger partial charge is 0.356 e. The van der Waals surface area contributed by atoms with Gasteiger partial charge in [0.1, 0.15) is 0 Å². The number of nitrogens with zero attached hydrogens (tertiary/aromatic N) is 1. The van der Waals surface area contributed by atoms with Gasteiger partial charge in [0.15, 0.2) is 6.29 Å². The lowest BCUT2D eigenvalue weighted by molar-refractivity contribution is -0.109. The summed E-state index contributed by atoms with van der Waals surface area (Å²) in [5.74, 6) is 0. The number of rotatable bonds is 9. The van der Waals surface area contributed by atoms with Crippen molar-refractivity contribution in [1.29, 1.82) is 0 Å². The predicted octanol–water partition coefficient (Wildman–Crippen LogP) is 3.70. The summed E-state index contributed by atoms with van der Waals surface area (Å²) in [5.41, 5.74) is 2.65. The SMILES string of the molecule is COC(CCN(Cc1ccccc1)Cc1ccccc1)OC. The van der Waals surface area contributed by atoms with Crippen LogP contribution in [0.3, 0.4) is 0 Å². The number of benzene rings is 2. The van der Waals surface area contributed by atoms with E-state index in [1.165, 1.54) is 11.1 Å². The Labute approximate surface area is 133 Å². The van der Waals surface area contributed by atoms with Gasteiger partial charge < -0.3 is 9.47 Å². The summed E-state index contributed by atoms with van der Waals surface area (Å²) in [6.45, 7) is 2.78. The van der Waals surface area contributed by atoms with Crippen molar-refractivity contribution >= 4 is 0 Å². The lowest BCUT2D eigenvalue weighted by Crippen LogP contribution is -2.28. The van der Waals surface area contributed by atoms with Gasteiger partial charge in [-0.1, -0.05) is 60.7 Å². The van der Waals surface area contributed by atoms with Crippen molar-refractivity contribution in [2.24, 2.45) is 0 Å². The fourth-order valence-corrected chi connectivity index (χ4v) is 2.52. The van der Waals surface area contributed by atoms with Crippen LogP contribution in [0.15, 0.2) is 60.7 Å². The molecule has 0 saturated heterocycles. The molecule has 0 aromatic heterocycles. The summed E-state index contributed by atoms with van der Waals surface area (Å²) in [6, 6.07) is 21.1. The minimum Gasteiger partial charge on any atom is -0.356 e. The normalized spacial score (nSPS) is 11.3. The van der Waals surface area contributed by atoms with Crippen molar-refractivity contribution < 1.29 is 9.47 Å². The molecule has 0 radical (unpaired) electrons. The molecule has 0 atom stereocenters. The molecule has 0 unspecified atom stereocenters. The maximum Gasteiger partial charge on any atom is 0.158 e. The van der Waals surface area contributed by atoms with E-state index in [1.54, 1.807) is 14.2 Å². The first-order valence-corrected chi connectivity index (χ1v) is 7.67. The van der Waals surface area contributed by atoms with Gasteiger partial charge in [-0.25, -0.2) is 0 Å². The Morgan fingerprint density at radius 2 is 1.23 bits per heavy atom. The molecule has 2 rings (SSSR count). The van der Waals surface area contributed by atoms with Crippen LogP contribution in [0.5, 0.6) is 0 Å². The zero-order valence-corrected chi connectivity index (χ0v) is 13.4. The van der Waals surface area contributed by atoms with E-state index in [1.807, 2.05) is 0 Å². The topological polar surface area (TPSA) is 21.7 Å². The maximum absolute atomic E-state index is 5.30. The molecular formula is C19H25NO2. The van der Waals surface area contributed by atoms with Crippen LogP contribution in [-0.4, -0.2) is 32.0 Å². The van der Waals surface area contributed by atoms with Crippen LogP contribution in [0.4, 0.5) is 0 Å². The van der Waals surface area contributed by atoms with Gasteiger partial charge in [-0.05, 0) is 11.1 Å². The van der Waals surface area contributed by atoms with E-state index in [4.69, 9.17) is 9.47 Å². The van der Waals surface area contributed by atoms with Crippen molar-refractivity contribution in [1.82, 2.24) is 4.90 Å². The second-order valence-electron chi connectivity index (χ2n) is 5.37. The monoisotopic (exact) mass is 299 g/mol. The molecule has 0 spiro atoms. The van der Waals surface area contributed by atoms with Gasteiger partial charge in [-0.15, -0.1) is 0 Å². The van der Waals surface area contributed by atoms with Gasteiger partial charge in [-0.3, -0.25) is 4.90 Å². The van der Waals surface area contributed by atoms with Gasteiger partial charge in [0.05, 0.1) is 0 Å². The summed E-state index contributed by atoms with van der Waals surface area (Å²) >= 11 is 0. The molecule has 118 valence electrons. The third-order valence-corrected chi connectivity index (χ3v) is 3.70. The Morgan fingerprint density at radius 3 is 1.64 bits per heavy atom. The molecule has 3 nitrogen and oxygen atoms in total. The molecule has 22 heavy (non-hydrogen) atoms. The molecule has 0 fully saturated rings. The zero-order valence-electron chi connectivity index (χ0n) is 13.4. The van der Waals surface area contributed by atoms with Crippen molar-refractivity contribution in [2.45, 2.75) is 25.8 Å². The van der Waals surface area contributed by atoms with Gasteiger partial charge in [0.2, 0.25) is 0 Å². The van der Waals surface area contributed by atoms with Crippen LogP contribution < -0.4 is 0 Å². The number of hydrogen-bond acceptors (Lipinski definition) is 3. The van der Waals surface area contributed by atoms with Crippen LogP contribution in [0.25, 0.3) is 0 Å². The minimum absolute atomic E-state index is 0.144. The van der Waals surface area contributed by atoms with E-state index in [0.717, 1.165) is 26.1 Å². The highest BCUT2D eigenvalue weighted by Gasteiger charge is 2.11. The molecule has 0 saturated carbocycles. The molecule has 2 aromatic carbocycles. The van der Waals surface area contributed by atoms with Crippen LogP contribution in [0.2, 0.25) is 0 Å². The molecule has 0 amide bonds. The average molecular weight is 299 g/mol. The first-order valence-electron chi connectivity index (χ1n) is 7.67. The zero-order chi connectivity index (χ0) is 15.6. The minimum atomic E-state index is -0.144. The average Bonchev–Trinajstić information content (AvgIpc) is 2.57. The van der Waals surface area contributed by atoms with Gasteiger partial charge >= 0.3 is 0 Å². The van der Waals surface area contributed by atoms with Gasteiger partial charge in [0.25, 0.3) is 0 Å². The summed E-state index contributed by atoms with van der Waals surface area (Å²) in [5, 5.41) is 0. The maximum atomic E-state index is 5.30. The van der Waals surface area contributed by atoms with Crippen LogP contribution >= 0.6 is 0 Å². The van der Waals surface area contributed by atoms with E-state index in [0.29, 0.717) is 0 Å². The number of ether oxygens (including phenoxy) is 2. The molecule has 2 aromatic rings. The molecule has 0 N–H and O–H groups in total. The van der Waals surface area contributed by atoms with Crippen LogP contribution in [-0.2, 0) is 22.6 Å². The third-order valence-electron chi connectivity index (χ3n) is 3.70. The molecule has 0 aliphatic heterocycles. The van der Waals surface area contributed by atoms with E-state index < -0.39 is 0 Å². The third kappa shape index (κ3) is 5.60. The van der Waals surface area contributed by atoms with E-state index in [9.17, 15) is 0 Å². The number of hydrogen-bond donors (Lipinski definition) is 0. The Morgan fingerprint density at radius 1 is 0.773 bits per heavy atom. The highest BCUT2D eigenvalue weighted by Crippen LogP contribution is 2.12. The van der Waals surface area contributed by atoms with Gasteiger partial charge in [0, 0.05) is 40.3 Å². The molecule has 3 heteroatoms. The lowest BCUT2D eigenvalue weighted by atomic mass is 10.1. The summed E-state index contributed by atoms with van der Waals surface area (Å²) in [6.07, 6.45) is 0.709. The predicted molar refractivity (Wildman–Crippen MR) is 89.4 cm³/mol. The fraction of sp³-hybridized carbons (Fsp3) is 0.368. The number of methoxy groups -OCH3 is 2. The van der Waals surface area contributed by atoms with E-state index >= 15 is 0 Å². The Balaban J connectivity index is 1.99. The molecule has 0 bridgehead atoms. The summed E-state index contributed by atoms with van der Waals surface area (Å²) < 4.78 is 10.6. The van der Waals surface area contributed by atoms with Gasteiger partial charge in [-0.2, -0.15) is 0 Å². The Hall–Kier alpha value is -1.68. The van der Waals surface area contributed by atoms with Crippen LogP contribution in [0.1, 0.15) is 17.5 Å². The fourth-order valence-electron chi connectivity index (χ4n) is 2.52. The van der Waals surface area contributed by atoms with Crippen molar-refractivity contribution in [3.63, 3.8) is 0 Å². The first kappa shape index (κ1) is 16.7. The van der Waals surface area contributed by atoms with Crippen molar-refractivity contribution in [3.8, 4) is 0 Å². The molecule has 0 heterocycles. The second-order valence-corrected chi connectivity index (χ2v) is 5.37. The highest BCUT2D eigenvalue weighted by molar-refractivity contribution is 5.17. The smallest absolute Gasteiger partial charge is 0.158 e. The highest BCUT2D eigenvalue weighted by atomic mass is 16.7.